The average molecular weight is 647 g/mol. The lowest BCUT2D eigenvalue weighted by molar-refractivity contribution is -0.144. The van der Waals surface area contributed by atoms with E-state index < -0.39 is 50.1 Å². The van der Waals surface area contributed by atoms with E-state index in [1.807, 2.05) is 0 Å². The van der Waals surface area contributed by atoms with Crippen LogP contribution in [0.4, 0.5) is 5.82 Å². The first-order chi connectivity index (χ1) is 19.8. The lowest BCUT2D eigenvalue weighted by atomic mass is 9.84. The number of nitrogens with zero attached hydrogens (tertiary/aromatic N) is 6. The second kappa shape index (κ2) is 13.5. The zero-order chi connectivity index (χ0) is 30.8. The molecule has 2 aliphatic carbocycles. The van der Waals surface area contributed by atoms with Crippen LogP contribution in [0.15, 0.2) is 10.2 Å². The van der Waals surface area contributed by atoms with Gasteiger partial charge in [-0.1, -0.05) is 6.92 Å². The molecule has 2 saturated carbocycles. The van der Waals surface area contributed by atoms with E-state index in [1.54, 1.807) is 13.8 Å². The van der Waals surface area contributed by atoms with Gasteiger partial charge in [0, 0.05) is 19.0 Å². The summed E-state index contributed by atoms with van der Waals surface area (Å²) in [7, 11) is -4.34. The molecule has 6 atom stereocenters. The van der Waals surface area contributed by atoms with E-state index in [0.29, 0.717) is 37.9 Å². The van der Waals surface area contributed by atoms with Crippen molar-refractivity contribution < 1.29 is 27.7 Å². The van der Waals surface area contributed by atoms with Crippen LogP contribution in [-0.4, -0.2) is 91.9 Å². The van der Waals surface area contributed by atoms with Gasteiger partial charge in [0.15, 0.2) is 5.82 Å². The van der Waals surface area contributed by atoms with Crippen LogP contribution in [0.2, 0.25) is 0 Å². The summed E-state index contributed by atoms with van der Waals surface area (Å²) in [5, 5.41) is 33.2. The summed E-state index contributed by atoms with van der Waals surface area (Å²) < 4.78 is 34.5. The maximum Gasteiger partial charge on any atom is 0.307 e. The highest BCUT2D eigenvalue weighted by Crippen LogP contribution is 2.42. The number of carbonyl (C=O) groups is 2. The van der Waals surface area contributed by atoms with Crippen molar-refractivity contribution in [3.63, 3.8) is 0 Å². The van der Waals surface area contributed by atoms with Gasteiger partial charge < -0.3 is 10.4 Å². The number of azo groups is 1. The molecule has 1 saturated heterocycles. The van der Waals surface area contributed by atoms with E-state index >= 15 is 0 Å². The molecular weight excluding hydrogens is 609 g/mol. The molecule has 6 unspecified atom stereocenters. The molecule has 232 valence electrons. The van der Waals surface area contributed by atoms with Gasteiger partial charge in [0.2, 0.25) is 5.91 Å². The molecule has 0 aromatic carbocycles. The third-order valence-corrected chi connectivity index (χ3v) is 10.8. The topological polar surface area (TPSA) is 190 Å². The number of nitrogens with one attached hydrogen (secondary N) is 1. The summed E-state index contributed by atoms with van der Waals surface area (Å²) in [6.45, 7) is 4.68. The number of likely N-dealkylation sites (tertiary alicyclic amines) is 1. The van der Waals surface area contributed by atoms with Gasteiger partial charge in [0.1, 0.15) is 11.6 Å². The fraction of sp³-hybridized carbons (Fsp3) is 0.769. The van der Waals surface area contributed by atoms with Crippen LogP contribution in [-0.2, 0) is 19.7 Å². The highest BCUT2D eigenvalue weighted by atomic mass is 35.5. The molecule has 3 N–H and O–H groups in total. The summed E-state index contributed by atoms with van der Waals surface area (Å²) in [5.74, 6) is -1.18. The Labute approximate surface area is 255 Å². The molecule has 4 rings (SSSR count). The fourth-order valence-corrected chi connectivity index (χ4v) is 8.54. The number of piperidine rings is 1. The Morgan fingerprint density at radius 1 is 1.19 bits per heavy atom. The van der Waals surface area contributed by atoms with Crippen molar-refractivity contribution in [3.05, 3.63) is 11.3 Å². The maximum atomic E-state index is 12.4. The van der Waals surface area contributed by atoms with Gasteiger partial charge in [-0.2, -0.15) is 23.9 Å². The average Bonchev–Trinajstić information content (AvgIpc) is 3.25. The number of carboxylic acids is 1. The van der Waals surface area contributed by atoms with Crippen LogP contribution in [0, 0.1) is 24.2 Å². The molecule has 0 bridgehead atoms. The second-order valence-corrected chi connectivity index (χ2v) is 14.2. The lowest BCUT2D eigenvalue weighted by Gasteiger charge is -2.42. The van der Waals surface area contributed by atoms with Crippen LogP contribution in [0.5, 0.6) is 0 Å². The molecule has 1 amide bonds. The van der Waals surface area contributed by atoms with Gasteiger partial charge in [0.25, 0.3) is 10.1 Å². The largest absolute Gasteiger partial charge is 0.481 e. The van der Waals surface area contributed by atoms with Crippen molar-refractivity contribution in [1.82, 2.24) is 20.0 Å². The molecule has 1 aromatic rings. The Balaban J connectivity index is 1.58. The SMILES string of the molecule is CCC(=O)NC1CC(N2CCCC(C(=O)O)C2)CCC1N=Nc1c(C#N)c(C)nn1C1C(Cl)CC(S(=O)(=O)O)CC1Cl. The van der Waals surface area contributed by atoms with Gasteiger partial charge >= 0.3 is 5.97 Å². The predicted octanol–water partition coefficient (Wildman–Crippen LogP) is 3.57. The first kappa shape index (κ1) is 32.6. The molecule has 1 aromatic heterocycles. The number of amides is 1. The Bertz CT molecular complexity index is 1340. The first-order valence-electron chi connectivity index (χ1n) is 14.2. The van der Waals surface area contributed by atoms with Crippen LogP contribution in [0.1, 0.15) is 75.6 Å². The Morgan fingerprint density at radius 2 is 1.88 bits per heavy atom. The number of alkyl halides is 2. The van der Waals surface area contributed by atoms with Gasteiger partial charge in [0.05, 0.1) is 45.7 Å². The van der Waals surface area contributed by atoms with Crippen molar-refractivity contribution in [2.75, 3.05) is 13.1 Å². The van der Waals surface area contributed by atoms with Crippen molar-refractivity contribution >= 4 is 51.0 Å². The van der Waals surface area contributed by atoms with Gasteiger partial charge in [-0.25, -0.2) is 4.68 Å². The highest BCUT2D eigenvalue weighted by Gasteiger charge is 2.44. The van der Waals surface area contributed by atoms with Crippen LogP contribution < -0.4 is 5.32 Å². The minimum absolute atomic E-state index is 0.0555. The van der Waals surface area contributed by atoms with E-state index in [0.717, 1.165) is 19.4 Å². The number of aromatic nitrogens is 2. The zero-order valence-corrected chi connectivity index (χ0v) is 25.9. The zero-order valence-electron chi connectivity index (χ0n) is 23.6. The van der Waals surface area contributed by atoms with E-state index in [4.69, 9.17) is 23.2 Å². The molecule has 3 aliphatic rings. The fourth-order valence-electron chi connectivity index (χ4n) is 6.36. The lowest BCUT2D eigenvalue weighted by Crippen LogP contribution is -2.53. The first-order valence-corrected chi connectivity index (χ1v) is 16.6. The summed E-state index contributed by atoms with van der Waals surface area (Å²) in [5.41, 5.74) is 0.563. The summed E-state index contributed by atoms with van der Waals surface area (Å²) in [6.07, 6.45) is 3.55. The number of nitriles is 1. The number of carboxylic acid groups (broad SMARTS) is 1. The van der Waals surface area contributed by atoms with Crippen molar-refractivity contribution in [2.45, 2.75) is 105 Å². The van der Waals surface area contributed by atoms with Crippen LogP contribution in [0.3, 0.4) is 0 Å². The summed E-state index contributed by atoms with van der Waals surface area (Å²) in [6, 6.07) is 0.735. The number of aryl methyl sites for hydroxylation is 1. The van der Waals surface area contributed by atoms with E-state index in [-0.39, 0.29) is 42.2 Å². The maximum absolute atomic E-state index is 12.4. The normalized spacial score (nSPS) is 32.9. The predicted molar refractivity (Wildman–Crippen MR) is 155 cm³/mol. The molecule has 2 heterocycles. The van der Waals surface area contributed by atoms with Crippen molar-refractivity contribution in [3.8, 4) is 6.07 Å². The number of halogens is 2. The quantitative estimate of drug-likeness (QED) is 0.215. The van der Waals surface area contributed by atoms with Gasteiger partial charge in [-0.05, 0) is 58.4 Å². The molecule has 1 aliphatic heterocycles. The number of rotatable bonds is 8. The molecule has 0 spiro atoms. The van der Waals surface area contributed by atoms with E-state index in [2.05, 4.69) is 31.6 Å². The van der Waals surface area contributed by atoms with Crippen molar-refractivity contribution in [1.29, 1.82) is 5.26 Å². The van der Waals surface area contributed by atoms with Gasteiger partial charge in [-0.3, -0.25) is 19.0 Å². The molecule has 0 radical (unpaired) electrons. The summed E-state index contributed by atoms with van der Waals surface area (Å²) in [4.78, 5) is 26.2. The smallest absolute Gasteiger partial charge is 0.307 e. The van der Waals surface area contributed by atoms with Crippen molar-refractivity contribution in [2.24, 2.45) is 16.1 Å². The minimum Gasteiger partial charge on any atom is -0.481 e. The molecule has 3 fully saturated rings. The van der Waals surface area contributed by atoms with Crippen LogP contribution >= 0.6 is 23.2 Å². The Kier molecular flexibility index (Phi) is 10.5. The number of carbonyl (C=O) groups excluding carboxylic acids is 1. The molecule has 16 heteroatoms. The Morgan fingerprint density at radius 3 is 2.48 bits per heavy atom. The monoisotopic (exact) mass is 645 g/mol. The second-order valence-electron chi connectivity index (χ2n) is 11.4. The highest BCUT2D eigenvalue weighted by molar-refractivity contribution is 7.86. The van der Waals surface area contributed by atoms with Crippen LogP contribution in [0.25, 0.3) is 0 Å². The minimum atomic E-state index is -4.34. The molecular formula is C26H37Cl2N7O6S. The standard InChI is InChI=1S/C26H37Cl2N7O6S/c1-3-23(36)30-22-9-16(34-8-4-5-15(13-34)26(37)38)6-7-21(22)31-32-25-18(12-29)14(2)33-35(25)24-19(27)10-17(11-20(24)28)42(39,40)41/h15-17,19-22,24H,3-11,13H2,1-2H3,(H,30,36)(H,37,38)(H,39,40,41). The number of hydrogen-bond donors (Lipinski definition) is 3. The molecule has 42 heavy (non-hydrogen) atoms. The molecule has 13 nitrogen and oxygen atoms in total. The third kappa shape index (κ3) is 7.24. The third-order valence-electron chi connectivity index (χ3n) is 8.67. The van der Waals surface area contributed by atoms with Gasteiger partial charge in [-0.15, -0.1) is 28.3 Å². The number of hydrogen-bond acceptors (Lipinski definition) is 9. The number of aliphatic carboxylic acids is 1. The van der Waals surface area contributed by atoms with E-state index in [1.165, 1.54) is 4.68 Å². The van der Waals surface area contributed by atoms with E-state index in [9.17, 15) is 32.9 Å². The summed E-state index contributed by atoms with van der Waals surface area (Å²) >= 11 is 13.2. The Hall–Kier alpha value is -2.31.